The van der Waals surface area contributed by atoms with Crippen LogP contribution in [0.2, 0.25) is 0 Å². The first-order valence-electron chi connectivity index (χ1n) is 18.8. The van der Waals surface area contributed by atoms with E-state index in [1.54, 1.807) is 39.7 Å². The summed E-state index contributed by atoms with van der Waals surface area (Å²) in [6.07, 6.45) is 7.12. The summed E-state index contributed by atoms with van der Waals surface area (Å²) in [5.74, 6) is 1.23. The molecule has 282 valence electrons. The van der Waals surface area contributed by atoms with E-state index in [1.165, 1.54) is 17.2 Å². The van der Waals surface area contributed by atoms with Crippen LogP contribution < -0.4 is 15.0 Å². The van der Waals surface area contributed by atoms with Crippen LogP contribution in [-0.4, -0.2) is 77.8 Å². The summed E-state index contributed by atoms with van der Waals surface area (Å²) in [7, 11) is 5.18. The Hall–Kier alpha value is -4.46. The summed E-state index contributed by atoms with van der Waals surface area (Å²) in [5.41, 5.74) is 7.67. The van der Waals surface area contributed by atoms with Gasteiger partial charge in [-0.2, -0.15) is 5.26 Å². The average molecular weight is 724 g/mol. The molecule has 1 unspecified atom stereocenters. The number of benzene rings is 2. The highest BCUT2D eigenvalue weighted by Gasteiger charge is 2.51. The molecular formula is C43H54FN5O4. The number of nitriles is 1. The Bertz CT molecular complexity index is 2000. The molecule has 6 rings (SSSR count). The number of hydrogen-bond acceptors (Lipinski definition) is 7. The molecule has 3 heterocycles. The van der Waals surface area contributed by atoms with Crippen molar-refractivity contribution in [1.29, 1.82) is 5.26 Å². The first-order chi connectivity index (χ1) is 25.3. The molecule has 0 radical (unpaired) electrons. The zero-order chi connectivity index (χ0) is 38.2. The number of rotatable bonds is 11. The Morgan fingerprint density at radius 3 is 2.38 bits per heavy atom. The summed E-state index contributed by atoms with van der Waals surface area (Å²) in [6.45, 7) is 13.6. The molecule has 2 fully saturated rings. The second-order valence-corrected chi connectivity index (χ2v) is 15.9. The third-order valence-electron chi connectivity index (χ3n) is 11.8. The number of aromatic nitrogens is 1. The van der Waals surface area contributed by atoms with Crippen LogP contribution in [0.3, 0.4) is 0 Å². The van der Waals surface area contributed by atoms with Crippen molar-refractivity contribution in [3.05, 3.63) is 91.9 Å². The molecule has 1 amide bonds. The predicted molar refractivity (Wildman–Crippen MR) is 206 cm³/mol. The van der Waals surface area contributed by atoms with E-state index in [1.807, 2.05) is 24.9 Å². The lowest BCUT2D eigenvalue weighted by Crippen LogP contribution is -2.54. The largest absolute Gasteiger partial charge is 0.496 e. The van der Waals surface area contributed by atoms with E-state index < -0.39 is 12.1 Å². The van der Waals surface area contributed by atoms with Crippen LogP contribution in [0.1, 0.15) is 79.5 Å². The lowest BCUT2D eigenvalue weighted by Gasteiger charge is -2.43. The van der Waals surface area contributed by atoms with Crippen molar-refractivity contribution in [2.24, 2.45) is 12.5 Å². The molecule has 1 spiro atoms. The van der Waals surface area contributed by atoms with Crippen LogP contribution in [0.5, 0.6) is 11.5 Å². The second-order valence-electron chi connectivity index (χ2n) is 15.9. The zero-order valence-electron chi connectivity index (χ0n) is 32.6. The van der Waals surface area contributed by atoms with Crippen LogP contribution in [0.4, 0.5) is 4.39 Å². The topological polar surface area (TPSA) is 91.0 Å². The predicted octanol–water partition coefficient (Wildman–Crippen LogP) is 6.82. The van der Waals surface area contributed by atoms with Gasteiger partial charge in [0.1, 0.15) is 23.1 Å². The minimum Gasteiger partial charge on any atom is -0.496 e. The summed E-state index contributed by atoms with van der Waals surface area (Å²) >= 11 is 0. The maximum atomic E-state index is 13.6. The maximum Gasteiger partial charge on any atom is 0.264 e. The van der Waals surface area contributed by atoms with Crippen molar-refractivity contribution in [2.45, 2.75) is 85.0 Å². The molecule has 10 heteroatoms. The molecule has 1 atom stereocenters. The van der Waals surface area contributed by atoms with E-state index >= 15 is 0 Å². The minimum absolute atomic E-state index is 0.00483. The first-order valence-corrected chi connectivity index (χ1v) is 18.8. The van der Waals surface area contributed by atoms with Crippen molar-refractivity contribution in [3.8, 4) is 28.7 Å². The van der Waals surface area contributed by atoms with Crippen LogP contribution in [-0.2, 0) is 31.4 Å². The standard InChI is InChI=1S/C43H54FN5O4/c1-9-37-34-12-10-11-30(33(34)13-16-49(37)41(51)32(22-45)21-42(4,5)26-44)23-48-18-17-47(27-43(48)14-15-43)25-36-38(52-7)19-31(20-39(36)53-8)35-24-46(6)40(50)29(3)28(35)2/h10-12,19-21,24,37H,9,13-18,23,25-27H2,1-8H3. The van der Waals surface area contributed by atoms with Crippen molar-refractivity contribution in [2.75, 3.05) is 47.1 Å². The molecule has 3 aliphatic rings. The van der Waals surface area contributed by atoms with E-state index in [4.69, 9.17) is 9.47 Å². The van der Waals surface area contributed by atoms with Gasteiger partial charge in [0.25, 0.3) is 11.5 Å². The number of methoxy groups -OCH3 is 2. The number of piperazine rings is 1. The van der Waals surface area contributed by atoms with Crippen molar-refractivity contribution in [3.63, 3.8) is 0 Å². The molecule has 1 saturated carbocycles. The molecule has 1 saturated heterocycles. The molecule has 53 heavy (non-hydrogen) atoms. The molecule has 0 N–H and O–H groups in total. The highest BCUT2D eigenvalue weighted by atomic mass is 19.1. The fourth-order valence-electron chi connectivity index (χ4n) is 8.47. The lowest BCUT2D eigenvalue weighted by molar-refractivity contribution is -0.129. The number of pyridine rings is 1. The van der Waals surface area contributed by atoms with Gasteiger partial charge < -0.3 is 18.9 Å². The van der Waals surface area contributed by atoms with Gasteiger partial charge >= 0.3 is 0 Å². The van der Waals surface area contributed by atoms with E-state index in [-0.39, 0.29) is 28.6 Å². The van der Waals surface area contributed by atoms with Gasteiger partial charge in [0.15, 0.2) is 0 Å². The van der Waals surface area contributed by atoms with Gasteiger partial charge in [-0.15, -0.1) is 0 Å². The molecule has 9 nitrogen and oxygen atoms in total. The Morgan fingerprint density at radius 1 is 1.08 bits per heavy atom. The molecule has 0 bridgehead atoms. The fourth-order valence-corrected chi connectivity index (χ4v) is 8.47. The van der Waals surface area contributed by atoms with Crippen LogP contribution in [0.25, 0.3) is 11.1 Å². The van der Waals surface area contributed by atoms with Gasteiger partial charge in [0, 0.05) is 74.6 Å². The van der Waals surface area contributed by atoms with E-state index in [0.717, 1.165) is 96.7 Å². The minimum atomic E-state index is -0.876. The highest BCUT2D eigenvalue weighted by Crippen LogP contribution is 2.47. The van der Waals surface area contributed by atoms with Crippen molar-refractivity contribution < 1.29 is 18.7 Å². The van der Waals surface area contributed by atoms with E-state index in [0.29, 0.717) is 13.1 Å². The number of halogens is 1. The number of carbonyl (C=O) groups is 1. The number of aryl methyl sites for hydroxylation is 1. The molecular weight excluding hydrogens is 670 g/mol. The second kappa shape index (κ2) is 15.1. The highest BCUT2D eigenvalue weighted by molar-refractivity contribution is 5.97. The summed E-state index contributed by atoms with van der Waals surface area (Å²) < 4.78 is 27.2. The quantitative estimate of drug-likeness (QED) is 0.159. The van der Waals surface area contributed by atoms with Crippen LogP contribution in [0, 0.1) is 30.6 Å². The summed E-state index contributed by atoms with van der Waals surface area (Å²) in [5, 5.41) is 9.84. The third kappa shape index (κ3) is 7.39. The number of allylic oxidation sites excluding steroid dienone is 1. The maximum absolute atomic E-state index is 13.6. The van der Waals surface area contributed by atoms with Gasteiger partial charge in [-0.3, -0.25) is 23.8 Å². The third-order valence-corrected chi connectivity index (χ3v) is 11.8. The molecule has 1 aliphatic carbocycles. The Balaban J connectivity index is 1.19. The fraction of sp³-hybridized carbons (Fsp3) is 0.512. The van der Waals surface area contributed by atoms with E-state index in [2.05, 4.69) is 53.1 Å². The molecule has 3 aromatic rings. The number of ether oxygens (including phenoxy) is 2. The Labute approximate surface area is 313 Å². The SMILES string of the molecule is CCC1c2cccc(CN3CCN(Cc4c(OC)cc(-c5cn(C)c(=O)c(C)c5C)cc4OC)CC34CC4)c2CCN1C(=O)C(C#N)=CC(C)(C)CF. The monoisotopic (exact) mass is 723 g/mol. The number of fused-ring (bicyclic) bond motifs is 1. The van der Waals surface area contributed by atoms with Crippen LogP contribution >= 0.6 is 0 Å². The number of carbonyl (C=O) groups excluding carboxylic acids is 1. The normalized spacial score (nSPS) is 18.8. The molecule has 2 aliphatic heterocycles. The van der Waals surface area contributed by atoms with Gasteiger partial charge in [0.2, 0.25) is 0 Å². The number of amides is 1. The lowest BCUT2D eigenvalue weighted by atomic mass is 9.86. The summed E-state index contributed by atoms with van der Waals surface area (Å²) in [4.78, 5) is 33.2. The van der Waals surface area contributed by atoms with E-state index in [9.17, 15) is 19.2 Å². The van der Waals surface area contributed by atoms with Crippen molar-refractivity contribution in [1.82, 2.24) is 19.3 Å². The number of nitrogens with zero attached hydrogens (tertiary/aromatic N) is 5. The van der Waals surface area contributed by atoms with Crippen molar-refractivity contribution >= 4 is 5.91 Å². The zero-order valence-corrected chi connectivity index (χ0v) is 32.6. The molecule has 1 aromatic heterocycles. The number of alkyl halides is 1. The van der Waals surface area contributed by atoms with Crippen LogP contribution in [0.15, 0.2) is 53.0 Å². The van der Waals surface area contributed by atoms with Gasteiger partial charge in [-0.25, -0.2) is 0 Å². The first kappa shape index (κ1) is 38.3. The Kier molecular flexibility index (Phi) is 10.9. The average Bonchev–Trinajstić information content (AvgIpc) is 3.93. The van der Waals surface area contributed by atoms with Gasteiger partial charge in [0.05, 0.1) is 32.5 Å². The summed E-state index contributed by atoms with van der Waals surface area (Å²) in [6, 6.07) is 12.5. The Morgan fingerprint density at radius 2 is 1.77 bits per heavy atom. The van der Waals surface area contributed by atoms with Gasteiger partial charge in [-0.05, 0) is 79.5 Å². The number of hydrogen-bond donors (Lipinski definition) is 0. The smallest absolute Gasteiger partial charge is 0.264 e. The van der Waals surface area contributed by atoms with Gasteiger partial charge in [-0.1, -0.05) is 45.0 Å². The molecule has 2 aromatic carbocycles.